The fraction of sp³-hybridized carbons (Fsp3) is 0.273. The molecule has 0 aliphatic heterocycles. The molecule has 2 amide bonds. The second-order valence-electron chi connectivity index (χ2n) is 3.14. The van der Waals surface area contributed by atoms with E-state index in [4.69, 9.17) is 0 Å². The van der Waals surface area contributed by atoms with Crippen molar-refractivity contribution in [2.75, 3.05) is 10.6 Å². The molecule has 0 saturated heterocycles. The van der Waals surface area contributed by atoms with Crippen molar-refractivity contribution in [2.24, 2.45) is 0 Å². The van der Waals surface area contributed by atoms with Crippen molar-refractivity contribution in [3.05, 3.63) is 23.8 Å². The van der Waals surface area contributed by atoms with Gasteiger partial charge in [0.2, 0.25) is 12.3 Å². The Morgan fingerprint density at radius 3 is 2.67 bits per heavy atom. The highest BCUT2D eigenvalue weighted by atomic mass is 16.1. The molecule has 2 N–H and O–H groups in total. The molecule has 80 valence electrons. The van der Waals surface area contributed by atoms with Gasteiger partial charge in [0, 0.05) is 17.8 Å². The minimum atomic E-state index is -0.0404. The van der Waals surface area contributed by atoms with Crippen LogP contribution in [0.25, 0.3) is 0 Å². The third-order valence-corrected chi connectivity index (χ3v) is 2.14. The second-order valence-corrected chi connectivity index (χ2v) is 3.14. The van der Waals surface area contributed by atoms with E-state index in [1.807, 2.05) is 6.92 Å². The molecule has 0 aliphatic carbocycles. The van der Waals surface area contributed by atoms with E-state index < -0.39 is 0 Å². The molecule has 0 aromatic heterocycles. The molecule has 0 radical (unpaired) electrons. The van der Waals surface area contributed by atoms with Gasteiger partial charge in [-0.05, 0) is 24.6 Å². The summed E-state index contributed by atoms with van der Waals surface area (Å²) in [5.41, 5.74) is 2.29. The highest BCUT2D eigenvalue weighted by molar-refractivity contribution is 5.92. The zero-order valence-corrected chi connectivity index (χ0v) is 8.83. The Labute approximate surface area is 88.7 Å². The molecule has 15 heavy (non-hydrogen) atoms. The molecule has 0 spiro atoms. The average Bonchev–Trinajstić information content (AvgIpc) is 2.24. The summed E-state index contributed by atoms with van der Waals surface area (Å²) in [6, 6.07) is 5.37. The maximum atomic E-state index is 11.2. The van der Waals surface area contributed by atoms with Crippen molar-refractivity contribution in [1.82, 2.24) is 0 Å². The van der Waals surface area contributed by atoms with Gasteiger partial charge in [0.15, 0.2) is 0 Å². The monoisotopic (exact) mass is 206 g/mol. The van der Waals surface area contributed by atoms with Crippen LogP contribution in [0.4, 0.5) is 11.4 Å². The van der Waals surface area contributed by atoms with Gasteiger partial charge in [-0.2, -0.15) is 0 Å². The maximum absolute atomic E-state index is 11.2. The number of carbonyl (C=O) groups is 2. The Morgan fingerprint density at radius 2 is 2.07 bits per heavy atom. The van der Waals surface area contributed by atoms with Crippen LogP contribution in [0, 0.1) is 6.92 Å². The Bertz CT molecular complexity index is 375. The van der Waals surface area contributed by atoms with Crippen LogP contribution in [0.5, 0.6) is 0 Å². The molecule has 4 nitrogen and oxygen atoms in total. The summed E-state index contributed by atoms with van der Waals surface area (Å²) in [7, 11) is 0. The molecule has 0 atom stereocenters. The van der Waals surface area contributed by atoms with E-state index in [0.29, 0.717) is 18.5 Å². The summed E-state index contributed by atoms with van der Waals surface area (Å²) in [6.07, 6.45) is 1.05. The van der Waals surface area contributed by atoms with E-state index in [0.717, 1.165) is 11.3 Å². The lowest BCUT2D eigenvalue weighted by Crippen LogP contribution is -2.11. The zero-order valence-electron chi connectivity index (χ0n) is 8.83. The Balaban J connectivity index is 2.93. The Kier molecular flexibility index (Phi) is 3.85. The predicted molar refractivity (Wildman–Crippen MR) is 59.8 cm³/mol. The molecule has 0 unspecified atom stereocenters. The van der Waals surface area contributed by atoms with Gasteiger partial charge in [-0.25, -0.2) is 0 Å². The van der Waals surface area contributed by atoms with Gasteiger partial charge >= 0.3 is 0 Å². The number of hydrogen-bond acceptors (Lipinski definition) is 2. The van der Waals surface area contributed by atoms with Crippen LogP contribution in [-0.4, -0.2) is 12.3 Å². The number of hydrogen-bond donors (Lipinski definition) is 2. The van der Waals surface area contributed by atoms with Gasteiger partial charge in [0.1, 0.15) is 0 Å². The molecular formula is C11H14N2O2. The second kappa shape index (κ2) is 5.14. The largest absolute Gasteiger partial charge is 0.328 e. The number of carbonyl (C=O) groups excluding carboxylic acids is 2. The van der Waals surface area contributed by atoms with Crippen molar-refractivity contribution >= 4 is 23.7 Å². The number of nitrogens with one attached hydrogen (secondary N) is 2. The van der Waals surface area contributed by atoms with Gasteiger partial charge < -0.3 is 10.6 Å². The summed E-state index contributed by atoms with van der Waals surface area (Å²) in [4.78, 5) is 21.5. The van der Waals surface area contributed by atoms with Crippen molar-refractivity contribution < 1.29 is 9.59 Å². The number of rotatable bonds is 4. The molecule has 0 saturated carbocycles. The summed E-state index contributed by atoms with van der Waals surface area (Å²) in [5, 5.41) is 5.34. The molecule has 1 aromatic rings. The quantitative estimate of drug-likeness (QED) is 0.739. The average molecular weight is 206 g/mol. The van der Waals surface area contributed by atoms with Crippen molar-refractivity contribution in [2.45, 2.75) is 20.3 Å². The smallest absolute Gasteiger partial charge is 0.224 e. The lowest BCUT2D eigenvalue weighted by molar-refractivity contribution is -0.115. The van der Waals surface area contributed by atoms with Crippen LogP contribution in [0.1, 0.15) is 18.9 Å². The third-order valence-electron chi connectivity index (χ3n) is 2.14. The normalized spacial score (nSPS) is 9.47. The summed E-state index contributed by atoms with van der Waals surface area (Å²) in [5.74, 6) is -0.0404. The van der Waals surface area contributed by atoms with Crippen LogP contribution in [0.15, 0.2) is 18.2 Å². The Hall–Kier alpha value is -1.84. The standard InChI is InChI=1S/C11H14N2O2/c1-3-11(15)13-10-6-4-5-9(8(10)2)12-7-14/h4-7H,3H2,1-2H3,(H,12,14)(H,13,15). The number of benzene rings is 1. The zero-order chi connectivity index (χ0) is 11.3. The van der Waals surface area contributed by atoms with Crippen LogP contribution in [0.3, 0.4) is 0 Å². The molecule has 0 bridgehead atoms. The SMILES string of the molecule is CCC(=O)Nc1cccc(NC=O)c1C. The molecule has 0 fully saturated rings. The molecule has 1 rings (SSSR count). The van der Waals surface area contributed by atoms with E-state index in [2.05, 4.69) is 10.6 Å². The first-order valence-corrected chi connectivity index (χ1v) is 4.78. The molecular weight excluding hydrogens is 192 g/mol. The van der Waals surface area contributed by atoms with E-state index >= 15 is 0 Å². The molecule has 0 aliphatic rings. The van der Waals surface area contributed by atoms with Gasteiger partial charge in [-0.15, -0.1) is 0 Å². The van der Waals surface area contributed by atoms with Gasteiger partial charge in [0.25, 0.3) is 0 Å². The van der Waals surface area contributed by atoms with E-state index in [1.54, 1.807) is 25.1 Å². The summed E-state index contributed by atoms with van der Waals surface area (Å²) < 4.78 is 0. The number of anilines is 2. The molecule has 4 heteroatoms. The minimum Gasteiger partial charge on any atom is -0.328 e. The van der Waals surface area contributed by atoms with E-state index in [9.17, 15) is 9.59 Å². The van der Waals surface area contributed by atoms with Gasteiger partial charge in [-0.3, -0.25) is 9.59 Å². The van der Waals surface area contributed by atoms with Crippen molar-refractivity contribution in [3.8, 4) is 0 Å². The minimum absolute atomic E-state index is 0.0404. The first kappa shape index (κ1) is 11.2. The van der Waals surface area contributed by atoms with E-state index in [1.165, 1.54) is 0 Å². The maximum Gasteiger partial charge on any atom is 0.224 e. The first-order valence-electron chi connectivity index (χ1n) is 4.78. The van der Waals surface area contributed by atoms with Gasteiger partial charge in [0.05, 0.1) is 0 Å². The van der Waals surface area contributed by atoms with Crippen molar-refractivity contribution in [3.63, 3.8) is 0 Å². The fourth-order valence-electron chi connectivity index (χ4n) is 1.23. The van der Waals surface area contributed by atoms with Crippen LogP contribution in [-0.2, 0) is 9.59 Å². The Morgan fingerprint density at radius 1 is 1.40 bits per heavy atom. The van der Waals surface area contributed by atoms with Crippen LogP contribution >= 0.6 is 0 Å². The summed E-state index contributed by atoms with van der Waals surface area (Å²) >= 11 is 0. The van der Waals surface area contributed by atoms with Crippen molar-refractivity contribution in [1.29, 1.82) is 0 Å². The third kappa shape index (κ3) is 2.80. The number of amides is 2. The highest BCUT2D eigenvalue weighted by Gasteiger charge is 2.05. The fourth-order valence-corrected chi connectivity index (χ4v) is 1.23. The summed E-state index contributed by atoms with van der Waals surface area (Å²) in [6.45, 7) is 3.63. The first-order chi connectivity index (χ1) is 7.19. The lowest BCUT2D eigenvalue weighted by atomic mass is 10.1. The highest BCUT2D eigenvalue weighted by Crippen LogP contribution is 2.22. The van der Waals surface area contributed by atoms with Crippen LogP contribution in [0.2, 0.25) is 0 Å². The molecule has 1 aromatic carbocycles. The topological polar surface area (TPSA) is 58.2 Å². The lowest BCUT2D eigenvalue weighted by Gasteiger charge is -2.10. The van der Waals surface area contributed by atoms with Crippen LogP contribution < -0.4 is 10.6 Å². The van der Waals surface area contributed by atoms with Gasteiger partial charge in [-0.1, -0.05) is 13.0 Å². The molecule has 0 heterocycles. The van der Waals surface area contributed by atoms with E-state index in [-0.39, 0.29) is 5.91 Å². The predicted octanol–water partition coefficient (Wildman–Crippen LogP) is 1.91.